The molecule has 1 aromatic heterocycles. The average Bonchev–Trinajstić information content (AvgIpc) is 2.56. The van der Waals surface area contributed by atoms with E-state index in [0.717, 1.165) is 24.3 Å². The Hall–Kier alpha value is -1.36. The molecule has 1 amide bonds. The second kappa shape index (κ2) is 6.27. The summed E-state index contributed by atoms with van der Waals surface area (Å²) in [7, 11) is 0. The zero-order valence-electron chi connectivity index (χ0n) is 9.88. The fourth-order valence-corrected chi connectivity index (χ4v) is 1.31. The summed E-state index contributed by atoms with van der Waals surface area (Å²) in [6.45, 7) is 4.72. The minimum Gasteiger partial charge on any atom is -0.444 e. The number of nitrogens with one attached hydrogen (secondary N) is 1. The first kappa shape index (κ1) is 12.7. The molecule has 1 rings (SSSR count). The highest BCUT2D eigenvalue weighted by Gasteiger charge is 2.07. The third-order valence-electron chi connectivity index (χ3n) is 2.37. The van der Waals surface area contributed by atoms with Gasteiger partial charge in [-0.3, -0.25) is 4.79 Å². The molecule has 1 aromatic rings. The molecule has 0 aromatic carbocycles. The van der Waals surface area contributed by atoms with Crippen LogP contribution in [-0.2, 0) is 11.3 Å². The Morgan fingerprint density at radius 1 is 1.44 bits per heavy atom. The van der Waals surface area contributed by atoms with Gasteiger partial charge in [-0.05, 0) is 33.2 Å². The molecule has 0 spiro atoms. The van der Waals surface area contributed by atoms with Crippen LogP contribution in [0.1, 0.15) is 36.6 Å². The number of amides is 1. The molecule has 90 valence electrons. The number of hydrogen-bond donors (Lipinski definition) is 2. The van der Waals surface area contributed by atoms with Crippen molar-refractivity contribution in [1.29, 1.82) is 0 Å². The lowest BCUT2D eigenvalue weighted by molar-refractivity contribution is -0.121. The topological polar surface area (TPSA) is 81.2 Å². The Morgan fingerprint density at radius 3 is 2.75 bits per heavy atom. The van der Waals surface area contributed by atoms with Gasteiger partial charge in [0.05, 0.1) is 12.2 Å². The van der Waals surface area contributed by atoms with Gasteiger partial charge in [-0.15, -0.1) is 0 Å². The molecule has 0 aliphatic heterocycles. The van der Waals surface area contributed by atoms with E-state index in [-0.39, 0.29) is 5.91 Å². The van der Waals surface area contributed by atoms with E-state index < -0.39 is 0 Å². The van der Waals surface area contributed by atoms with E-state index >= 15 is 0 Å². The normalized spacial score (nSPS) is 10.4. The van der Waals surface area contributed by atoms with Gasteiger partial charge in [0.1, 0.15) is 5.76 Å². The lowest BCUT2D eigenvalue weighted by Gasteiger charge is -2.01. The van der Waals surface area contributed by atoms with Crippen molar-refractivity contribution in [2.75, 3.05) is 6.54 Å². The fourth-order valence-electron chi connectivity index (χ4n) is 1.31. The summed E-state index contributed by atoms with van der Waals surface area (Å²) in [6, 6.07) is 0. The molecule has 3 N–H and O–H groups in total. The molecule has 0 aliphatic rings. The summed E-state index contributed by atoms with van der Waals surface area (Å²) in [4.78, 5) is 15.5. The van der Waals surface area contributed by atoms with Crippen LogP contribution in [0.15, 0.2) is 4.42 Å². The number of unbranched alkanes of at least 4 members (excludes halogenated alkanes) is 1. The van der Waals surface area contributed by atoms with Crippen LogP contribution in [0.5, 0.6) is 0 Å². The third kappa shape index (κ3) is 4.02. The molecule has 0 atom stereocenters. The van der Waals surface area contributed by atoms with Crippen LogP contribution >= 0.6 is 0 Å². The number of carbonyl (C=O) groups excluding carboxylic acids is 1. The van der Waals surface area contributed by atoms with Crippen molar-refractivity contribution in [1.82, 2.24) is 10.3 Å². The van der Waals surface area contributed by atoms with Gasteiger partial charge in [-0.1, -0.05) is 0 Å². The quantitative estimate of drug-likeness (QED) is 0.709. The van der Waals surface area contributed by atoms with Gasteiger partial charge >= 0.3 is 0 Å². The monoisotopic (exact) mass is 225 g/mol. The molecular formula is C11H19N3O2. The van der Waals surface area contributed by atoms with E-state index in [4.69, 9.17) is 10.2 Å². The average molecular weight is 225 g/mol. The van der Waals surface area contributed by atoms with Crippen LogP contribution in [0, 0.1) is 13.8 Å². The zero-order chi connectivity index (χ0) is 12.0. The summed E-state index contributed by atoms with van der Waals surface area (Å²) in [5, 5.41) is 2.76. The predicted octanol–water partition coefficient (Wildman–Crippen LogP) is 1.04. The van der Waals surface area contributed by atoms with Crippen LogP contribution in [0.2, 0.25) is 0 Å². The van der Waals surface area contributed by atoms with Crippen LogP contribution in [-0.4, -0.2) is 17.4 Å². The molecule has 0 fully saturated rings. The van der Waals surface area contributed by atoms with Crippen molar-refractivity contribution in [3.05, 3.63) is 17.3 Å². The van der Waals surface area contributed by atoms with Crippen LogP contribution < -0.4 is 11.1 Å². The Labute approximate surface area is 95.4 Å². The summed E-state index contributed by atoms with van der Waals surface area (Å²) in [5.74, 6) is 1.37. The predicted molar refractivity (Wildman–Crippen MR) is 60.7 cm³/mol. The summed E-state index contributed by atoms with van der Waals surface area (Å²) in [5.41, 5.74) is 6.21. The Bertz CT molecular complexity index is 327. The number of hydrogen-bond acceptors (Lipinski definition) is 4. The molecule has 0 bridgehead atoms. The van der Waals surface area contributed by atoms with Gasteiger partial charge in [0.25, 0.3) is 0 Å². The molecule has 0 saturated heterocycles. The largest absolute Gasteiger partial charge is 0.444 e. The Kier molecular flexibility index (Phi) is 4.98. The van der Waals surface area contributed by atoms with Crippen molar-refractivity contribution in [3.63, 3.8) is 0 Å². The smallest absolute Gasteiger partial charge is 0.220 e. The summed E-state index contributed by atoms with van der Waals surface area (Å²) >= 11 is 0. The molecule has 5 heteroatoms. The van der Waals surface area contributed by atoms with Crippen LogP contribution in [0.4, 0.5) is 0 Å². The maximum atomic E-state index is 11.4. The number of aromatic nitrogens is 1. The van der Waals surface area contributed by atoms with Crippen LogP contribution in [0.3, 0.4) is 0 Å². The standard InChI is InChI=1S/C11H19N3O2/c1-8-9(2)16-11(14-8)7-13-10(15)5-3-4-6-12/h3-7,12H2,1-2H3,(H,13,15). The molecule has 1 heterocycles. The molecule has 5 nitrogen and oxygen atoms in total. The number of rotatable bonds is 6. The fraction of sp³-hybridized carbons (Fsp3) is 0.636. The summed E-state index contributed by atoms with van der Waals surface area (Å²) < 4.78 is 5.34. The Balaban J connectivity index is 2.26. The molecule has 0 saturated carbocycles. The van der Waals surface area contributed by atoms with Crippen molar-refractivity contribution >= 4 is 5.91 Å². The highest BCUT2D eigenvalue weighted by molar-refractivity contribution is 5.75. The second-order valence-corrected chi connectivity index (χ2v) is 3.77. The van der Waals surface area contributed by atoms with Crippen molar-refractivity contribution in [2.24, 2.45) is 5.73 Å². The number of oxazole rings is 1. The van der Waals surface area contributed by atoms with E-state index in [2.05, 4.69) is 10.3 Å². The molecule has 0 unspecified atom stereocenters. The van der Waals surface area contributed by atoms with Gasteiger partial charge in [0.2, 0.25) is 11.8 Å². The zero-order valence-corrected chi connectivity index (χ0v) is 9.88. The number of nitrogens with two attached hydrogens (primary N) is 1. The number of carbonyl (C=O) groups is 1. The summed E-state index contributed by atoms with van der Waals surface area (Å²) in [6.07, 6.45) is 2.21. The first-order valence-corrected chi connectivity index (χ1v) is 5.53. The molecular weight excluding hydrogens is 206 g/mol. The van der Waals surface area contributed by atoms with Gasteiger partial charge in [0, 0.05) is 6.42 Å². The molecule has 0 aliphatic carbocycles. The van der Waals surface area contributed by atoms with Gasteiger partial charge in [-0.2, -0.15) is 0 Å². The molecule has 16 heavy (non-hydrogen) atoms. The first-order valence-electron chi connectivity index (χ1n) is 5.53. The van der Waals surface area contributed by atoms with E-state index in [1.807, 2.05) is 13.8 Å². The minimum atomic E-state index is 0.0157. The van der Waals surface area contributed by atoms with Crippen molar-refractivity contribution < 1.29 is 9.21 Å². The second-order valence-electron chi connectivity index (χ2n) is 3.77. The van der Waals surface area contributed by atoms with Crippen molar-refractivity contribution in [3.8, 4) is 0 Å². The maximum Gasteiger partial charge on any atom is 0.220 e. The first-order chi connectivity index (χ1) is 7.63. The molecule has 0 radical (unpaired) electrons. The van der Waals surface area contributed by atoms with E-state index in [1.165, 1.54) is 0 Å². The number of aryl methyl sites for hydroxylation is 2. The maximum absolute atomic E-state index is 11.4. The lowest BCUT2D eigenvalue weighted by Crippen LogP contribution is -2.22. The minimum absolute atomic E-state index is 0.0157. The highest BCUT2D eigenvalue weighted by Crippen LogP contribution is 2.07. The van der Waals surface area contributed by atoms with Gasteiger partial charge in [0.15, 0.2) is 0 Å². The SMILES string of the molecule is Cc1nc(CNC(=O)CCCCN)oc1C. The van der Waals surface area contributed by atoms with Gasteiger partial charge < -0.3 is 15.5 Å². The van der Waals surface area contributed by atoms with E-state index in [1.54, 1.807) is 0 Å². The third-order valence-corrected chi connectivity index (χ3v) is 2.37. The van der Waals surface area contributed by atoms with E-state index in [9.17, 15) is 4.79 Å². The highest BCUT2D eigenvalue weighted by atomic mass is 16.4. The lowest BCUT2D eigenvalue weighted by atomic mass is 10.2. The van der Waals surface area contributed by atoms with Gasteiger partial charge in [-0.25, -0.2) is 4.98 Å². The number of nitrogens with zero attached hydrogens (tertiary/aromatic N) is 1. The van der Waals surface area contributed by atoms with Crippen LogP contribution in [0.25, 0.3) is 0 Å². The van der Waals surface area contributed by atoms with E-state index in [0.29, 0.717) is 25.4 Å². The Morgan fingerprint density at radius 2 is 2.19 bits per heavy atom. The van der Waals surface area contributed by atoms with Crippen molar-refractivity contribution in [2.45, 2.75) is 39.7 Å².